The molecular formula is C16H22N2O2S. The molecule has 1 saturated carbocycles. The van der Waals surface area contributed by atoms with Crippen LogP contribution in [0.25, 0.3) is 0 Å². The van der Waals surface area contributed by atoms with E-state index in [-0.39, 0.29) is 11.9 Å². The Morgan fingerprint density at radius 3 is 2.67 bits per heavy atom. The summed E-state index contributed by atoms with van der Waals surface area (Å²) in [6, 6.07) is 7.93. The molecule has 0 aromatic heterocycles. The lowest BCUT2D eigenvalue weighted by atomic mass is 10.2. The van der Waals surface area contributed by atoms with Gasteiger partial charge in [-0.3, -0.25) is 4.79 Å². The molecule has 1 atom stereocenters. The molecule has 21 heavy (non-hydrogen) atoms. The first-order valence-corrected chi connectivity index (χ1v) is 8.58. The average molecular weight is 306 g/mol. The van der Waals surface area contributed by atoms with Gasteiger partial charge in [0.15, 0.2) is 0 Å². The van der Waals surface area contributed by atoms with Crippen molar-refractivity contribution >= 4 is 23.4 Å². The van der Waals surface area contributed by atoms with Gasteiger partial charge in [-0.2, -0.15) is 0 Å². The van der Waals surface area contributed by atoms with Gasteiger partial charge in [-0.1, -0.05) is 12.8 Å². The van der Waals surface area contributed by atoms with Crippen molar-refractivity contribution < 1.29 is 9.53 Å². The molecule has 2 aliphatic rings. The molecule has 1 saturated heterocycles. The number of hydrogen-bond acceptors (Lipinski definition) is 4. The van der Waals surface area contributed by atoms with Gasteiger partial charge in [0, 0.05) is 22.4 Å². The molecule has 4 nitrogen and oxygen atoms in total. The predicted octanol–water partition coefficient (Wildman–Crippen LogP) is 2.65. The van der Waals surface area contributed by atoms with Crippen LogP contribution in [0.1, 0.15) is 25.7 Å². The summed E-state index contributed by atoms with van der Waals surface area (Å²) >= 11 is 1.96. The van der Waals surface area contributed by atoms with Gasteiger partial charge in [-0.05, 0) is 37.1 Å². The minimum atomic E-state index is -0.244. The second-order valence-electron chi connectivity index (χ2n) is 5.62. The Hall–Kier alpha value is -1.04. The van der Waals surface area contributed by atoms with E-state index in [0.29, 0.717) is 13.2 Å². The minimum Gasteiger partial charge on any atom is -0.378 e. The molecule has 5 heteroatoms. The van der Waals surface area contributed by atoms with E-state index in [1.54, 1.807) is 0 Å². The molecule has 1 unspecified atom stereocenters. The Morgan fingerprint density at radius 2 is 2.00 bits per heavy atom. The van der Waals surface area contributed by atoms with Crippen molar-refractivity contribution in [3.63, 3.8) is 0 Å². The Kier molecular flexibility index (Phi) is 5.17. The van der Waals surface area contributed by atoms with Crippen LogP contribution in [0.15, 0.2) is 29.2 Å². The Labute approximate surface area is 130 Å². The second-order valence-corrected chi connectivity index (χ2v) is 6.99. The Balaban J connectivity index is 1.52. The fourth-order valence-corrected chi connectivity index (χ4v) is 4.03. The van der Waals surface area contributed by atoms with E-state index in [1.807, 2.05) is 23.9 Å². The van der Waals surface area contributed by atoms with Crippen molar-refractivity contribution in [1.29, 1.82) is 0 Å². The molecule has 2 N–H and O–H groups in total. The second kappa shape index (κ2) is 7.29. The third-order valence-electron chi connectivity index (χ3n) is 3.96. The fourth-order valence-electron chi connectivity index (χ4n) is 2.78. The number of benzene rings is 1. The third kappa shape index (κ3) is 4.22. The number of thioether (sulfide) groups is 1. The maximum atomic E-state index is 12.1. The molecule has 1 aliphatic carbocycles. The van der Waals surface area contributed by atoms with Crippen molar-refractivity contribution in [2.45, 2.75) is 41.9 Å². The van der Waals surface area contributed by atoms with Gasteiger partial charge in [0.2, 0.25) is 5.91 Å². The summed E-state index contributed by atoms with van der Waals surface area (Å²) in [5.74, 6) is -0.0223. The molecule has 3 rings (SSSR count). The number of carbonyl (C=O) groups excluding carboxylic acids is 1. The highest BCUT2D eigenvalue weighted by Crippen LogP contribution is 2.34. The summed E-state index contributed by atoms with van der Waals surface area (Å²) in [6.45, 7) is 1.85. The molecule has 2 fully saturated rings. The monoisotopic (exact) mass is 306 g/mol. The van der Waals surface area contributed by atoms with Crippen LogP contribution in [0, 0.1) is 0 Å². The number of amides is 1. The van der Waals surface area contributed by atoms with Gasteiger partial charge in [-0.15, -0.1) is 11.8 Å². The van der Waals surface area contributed by atoms with E-state index in [4.69, 9.17) is 4.74 Å². The van der Waals surface area contributed by atoms with Crippen LogP contribution in [0.3, 0.4) is 0 Å². The SMILES string of the molecule is O=C(Nc1ccc(SC2CCCC2)cc1)C1COCCN1. The fraction of sp³-hybridized carbons (Fsp3) is 0.562. The molecule has 0 spiro atoms. The van der Waals surface area contributed by atoms with E-state index < -0.39 is 0 Å². The Bertz CT molecular complexity index is 466. The van der Waals surface area contributed by atoms with Crippen LogP contribution in [0.2, 0.25) is 0 Å². The number of anilines is 1. The minimum absolute atomic E-state index is 0.0223. The quantitative estimate of drug-likeness (QED) is 0.898. The standard InChI is InChI=1S/C16H22N2O2S/c19-16(15-11-20-10-9-17-15)18-12-5-7-14(8-6-12)21-13-3-1-2-4-13/h5-8,13,15,17H,1-4,9-11H2,(H,18,19). The molecule has 1 aliphatic heterocycles. The first-order chi connectivity index (χ1) is 10.3. The highest BCUT2D eigenvalue weighted by Gasteiger charge is 2.21. The van der Waals surface area contributed by atoms with Crippen molar-refractivity contribution in [3.05, 3.63) is 24.3 Å². The highest BCUT2D eigenvalue weighted by molar-refractivity contribution is 8.00. The van der Waals surface area contributed by atoms with Crippen molar-refractivity contribution in [3.8, 4) is 0 Å². The topological polar surface area (TPSA) is 50.4 Å². The number of ether oxygens (including phenoxy) is 1. The van der Waals surface area contributed by atoms with Gasteiger partial charge < -0.3 is 15.4 Å². The van der Waals surface area contributed by atoms with Crippen LogP contribution >= 0.6 is 11.8 Å². The summed E-state index contributed by atoms with van der Waals surface area (Å²) in [5.41, 5.74) is 0.850. The van der Waals surface area contributed by atoms with Crippen LogP contribution < -0.4 is 10.6 Å². The lowest BCUT2D eigenvalue weighted by molar-refractivity contribution is -0.120. The number of rotatable bonds is 4. The largest absolute Gasteiger partial charge is 0.378 e. The zero-order valence-electron chi connectivity index (χ0n) is 12.1. The predicted molar refractivity (Wildman–Crippen MR) is 85.8 cm³/mol. The van der Waals surface area contributed by atoms with Gasteiger partial charge in [0.05, 0.1) is 13.2 Å². The van der Waals surface area contributed by atoms with E-state index in [9.17, 15) is 4.79 Å². The first kappa shape index (κ1) is 14.9. The summed E-state index contributed by atoms with van der Waals surface area (Å²) in [4.78, 5) is 13.4. The lowest BCUT2D eigenvalue weighted by Crippen LogP contribution is -2.48. The van der Waals surface area contributed by atoms with Gasteiger partial charge in [0.1, 0.15) is 6.04 Å². The number of hydrogen-bond donors (Lipinski definition) is 2. The molecule has 1 aromatic carbocycles. The highest BCUT2D eigenvalue weighted by atomic mass is 32.2. The first-order valence-electron chi connectivity index (χ1n) is 7.70. The molecule has 0 radical (unpaired) electrons. The lowest BCUT2D eigenvalue weighted by Gasteiger charge is -2.22. The molecule has 114 valence electrons. The van der Waals surface area contributed by atoms with Crippen LogP contribution in [0.5, 0.6) is 0 Å². The van der Waals surface area contributed by atoms with Crippen molar-refractivity contribution in [2.24, 2.45) is 0 Å². The number of morpholine rings is 1. The summed E-state index contributed by atoms with van der Waals surface area (Å²) in [7, 11) is 0. The maximum absolute atomic E-state index is 12.1. The molecular weight excluding hydrogens is 284 g/mol. The van der Waals surface area contributed by atoms with Crippen LogP contribution in [-0.2, 0) is 9.53 Å². The van der Waals surface area contributed by atoms with E-state index in [2.05, 4.69) is 22.8 Å². The van der Waals surface area contributed by atoms with E-state index >= 15 is 0 Å². The van der Waals surface area contributed by atoms with E-state index in [1.165, 1.54) is 30.6 Å². The van der Waals surface area contributed by atoms with Crippen LogP contribution in [0.4, 0.5) is 5.69 Å². The molecule has 0 bridgehead atoms. The van der Waals surface area contributed by atoms with E-state index in [0.717, 1.165) is 17.5 Å². The average Bonchev–Trinajstić information content (AvgIpc) is 3.03. The molecule has 1 aromatic rings. The Morgan fingerprint density at radius 1 is 1.24 bits per heavy atom. The van der Waals surface area contributed by atoms with Crippen molar-refractivity contribution in [1.82, 2.24) is 5.32 Å². The van der Waals surface area contributed by atoms with Gasteiger partial charge >= 0.3 is 0 Å². The zero-order valence-corrected chi connectivity index (χ0v) is 13.0. The summed E-state index contributed by atoms with van der Waals surface area (Å²) < 4.78 is 5.31. The molecule has 1 heterocycles. The summed E-state index contributed by atoms with van der Waals surface area (Å²) in [5, 5.41) is 6.87. The smallest absolute Gasteiger partial charge is 0.243 e. The van der Waals surface area contributed by atoms with Gasteiger partial charge in [-0.25, -0.2) is 0 Å². The third-order valence-corrected chi connectivity index (χ3v) is 5.31. The normalized spacial score (nSPS) is 23.1. The summed E-state index contributed by atoms with van der Waals surface area (Å²) in [6.07, 6.45) is 5.39. The molecule has 1 amide bonds. The van der Waals surface area contributed by atoms with Crippen molar-refractivity contribution in [2.75, 3.05) is 25.1 Å². The number of nitrogens with one attached hydrogen (secondary N) is 2. The number of carbonyl (C=O) groups is 1. The van der Waals surface area contributed by atoms with Gasteiger partial charge in [0.25, 0.3) is 0 Å². The maximum Gasteiger partial charge on any atom is 0.243 e. The van der Waals surface area contributed by atoms with Crippen LogP contribution in [-0.4, -0.2) is 37.0 Å². The zero-order chi connectivity index (χ0) is 14.5.